The molecule has 1 aromatic carbocycles. The van der Waals surface area contributed by atoms with Crippen LogP contribution in [0.4, 0.5) is 17.5 Å². The quantitative estimate of drug-likeness (QED) is 0.596. The normalized spacial score (nSPS) is 20.3. The lowest BCUT2D eigenvalue weighted by molar-refractivity contribution is -0.385. The van der Waals surface area contributed by atoms with Crippen LogP contribution in [0.15, 0.2) is 36.5 Å². The number of para-hydroxylation sites is 1. The van der Waals surface area contributed by atoms with Crippen molar-refractivity contribution in [1.29, 1.82) is 0 Å². The van der Waals surface area contributed by atoms with E-state index in [-0.39, 0.29) is 16.7 Å². The Morgan fingerprint density at radius 1 is 1.21 bits per heavy atom. The van der Waals surface area contributed by atoms with Crippen LogP contribution in [0.3, 0.4) is 0 Å². The topological polar surface area (TPSA) is 96.7 Å². The van der Waals surface area contributed by atoms with Crippen molar-refractivity contribution in [3.63, 3.8) is 0 Å². The number of ether oxygens (including phenoxy) is 1. The molecule has 0 saturated carbocycles. The Morgan fingerprint density at radius 3 is 2.86 bits per heavy atom. The van der Waals surface area contributed by atoms with Crippen LogP contribution in [0.2, 0.25) is 0 Å². The molecular weight excluding hydrogens is 360 g/mol. The van der Waals surface area contributed by atoms with E-state index in [1.165, 1.54) is 0 Å². The first-order chi connectivity index (χ1) is 13.7. The molecule has 1 aromatic heterocycles. The van der Waals surface area contributed by atoms with Gasteiger partial charge in [-0.15, -0.1) is 0 Å². The molecule has 9 heteroatoms. The number of benzene rings is 1. The summed E-state index contributed by atoms with van der Waals surface area (Å²) in [7, 11) is 0. The first kappa shape index (κ1) is 18.6. The SMILES string of the molecule is O=[N+]([O-])c1ccccc1CN1CCC(Nc2ccnc(N3CCOCC3)n2)C1. The molecule has 4 rings (SSSR count). The van der Waals surface area contributed by atoms with Gasteiger partial charge in [-0.05, 0) is 12.5 Å². The lowest BCUT2D eigenvalue weighted by Crippen LogP contribution is -2.37. The number of hydrogen-bond acceptors (Lipinski definition) is 8. The van der Waals surface area contributed by atoms with Gasteiger partial charge in [0.05, 0.1) is 18.1 Å². The van der Waals surface area contributed by atoms with Crippen molar-refractivity contribution in [3.05, 3.63) is 52.2 Å². The molecule has 2 aromatic rings. The molecule has 2 aliphatic rings. The summed E-state index contributed by atoms with van der Waals surface area (Å²) in [6.45, 7) is 5.30. The number of nitrogens with one attached hydrogen (secondary N) is 1. The van der Waals surface area contributed by atoms with Crippen LogP contribution in [0, 0.1) is 10.1 Å². The molecule has 1 atom stereocenters. The molecule has 0 aliphatic carbocycles. The van der Waals surface area contributed by atoms with Crippen molar-refractivity contribution in [2.45, 2.75) is 19.0 Å². The predicted molar refractivity (Wildman–Crippen MR) is 105 cm³/mol. The van der Waals surface area contributed by atoms with Crippen molar-refractivity contribution in [2.24, 2.45) is 0 Å². The summed E-state index contributed by atoms with van der Waals surface area (Å²) >= 11 is 0. The molecule has 28 heavy (non-hydrogen) atoms. The van der Waals surface area contributed by atoms with E-state index in [0.29, 0.717) is 19.8 Å². The lowest BCUT2D eigenvalue weighted by atomic mass is 10.1. The van der Waals surface area contributed by atoms with Crippen molar-refractivity contribution >= 4 is 17.5 Å². The summed E-state index contributed by atoms with van der Waals surface area (Å²) in [5.41, 5.74) is 0.939. The van der Waals surface area contributed by atoms with Crippen molar-refractivity contribution < 1.29 is 9.66 Å². The van der Waals surface area contributed by atoms with Gasteiger partial charge in [-0.25, -0.2) is 4.98 Å². The maximum atomic E-state index is 11.2. The van der Waals surface area contributed by atoms with Crippen LogP contribution >= 0.6 is 0 Å². The fraction of sp³-hybridized carbons (Fsp3) is 0.474. The summed E-state index contributed by atoms with van der Waals surface area (Å²) < 4.78 is 5.38. The maximum Gasteiger partial charge on any atom is 0.273 e. The standard InChI is InChI=1S/C19H24N6O3/c26-25(27)17-4-2-1-3-15(17)13-23-8-6-16(14-23)21-18-5-7-20-19(22-18)24-9-11-28-12-10-24/h1-5,7,16H,6,8-14H2,(H,20,21,22). The Kier molecular flexibility index (Phi) is 5.63. The fourth-order valence-electron chi connectivity index (χ4n) is 3.71. The minimum Gasteiger partial charge on any atom is -0.378 e. The lowest BCUT2D eigenvalue weighted by Gasteiger charge is -2.27. The largest absolute Gasteiger partial charge is 0.378 e. The molecule has 148 valence electrons. The summed E-state index contributed by atoms with van der Waals surface area (Å²) in [6.07, 6.45) is 2.75. The smallest absolute Gasteiger partial charge is 0.273 e. The number of anilines is 2. The van der Waals surface area contributed by atoms with Gasteiger partial charge in [0.25, 0.3) is 5.69 Å². The number of likely N-dealkylation sites (tertiary alicyclic amines) is 1. The zero-order valence-corrected chi connectivity index (χ0v) is 15.7. The average molecular weight is 384 g/mol. The van der Waals surface area contributed by atoms with Gasteiger partial charge in [0, 0.05) is 56.6 Å². The third-order valence-electron chi connectivity index (χ3n) is 5.14. The van der Waals surface area contributed by atoms with Gasteiger partial charge in [0.15, 0.2) is 0 Å². The van der Waals surface area contributed by atoms with Gasteiger partial charge in [0.1, 0.15) is 5.82 Å². The first-order valence-corrected chi connectivity index (χ1v) is 9.56. The Hall–Kier alpha value is -2.78. The molecule has 0 bridgehead atoms. The van der Waals surface area contributed by atoms with Crippen molar-refractivity contribution in [3.8, 4) is 0 Å². The number of aromatic nitrogens is 2. The van der Waals surface area contributed by atoms with Gasteiger partial charge >= 0.3 is 0 Å². The number of hydrogen-bond donors (Lipinski definition) is 1. The van der Waals surface area contributed by atoms with Crippen molar-refractivity contribution in [1.82, 2.24) is 14.9 Å². The summed E-state index contributed by atoms with van der Waals surface area (Å²) in [5, 5.41) is 14.7. The number of morpholine rings is 1. The molecule has 2 saturated heterocycles. The third kappa shape index (κ3) is 4.37. The van der Waals surface area contributed by atoms with E-state index >= 15 is 0 Å². The Balaban J connectivity index is 1.36. The minimum absolute atomic E-state index is 0.185. The Morgan fingerprint density at radius 2 is 2.04 bits per heavy atom. The second-order valence-corrected chi connectivity index (χ2v) is 7.09. The molecule has 2 fully saturated rings. The van der Waals surface area contributed by atoms with Crippen LogP contribution in [0.1, 0.15) is 12.0 Å². The van der Waals surface area contributed by atoms with Crippen LogP contribution in [-0.2, 0) is 11.3 Å². The van der Waals surface area contributed by atoms with E-state index in [1.54, 1.807) is 18.3 Å². The molecule has 3 heterocycles. The zero-order valence-electron chi connectivity index (χ0n) is 15.7. The second kappa shape index (κ2) is 8.49. The van der Waals surface area contributed by atoms with E-state index in [4.69, 9.17) is 4.74 Å². The van der Waals surface area contributed by atoms with E-state index in [1.807, 2.05) is 18.2 Å². The van der Waals surface area contributed by atoms with Crippen LogP contribution in [0.5, 0.6) is 0 Å². The average Bonchev–Trinajstić information content (AvgIpc) is 3.16. The maximum absolute atomic E-state index is 11.2. The molecular formula is C19H24N6O3. The number of nitrogens with zero attached hydrogens (tertiary/aromatic N) is 5. The summed E-state index contributed by atoms with van der Waals surface area (Å²) in [4.78, 5) is 24.3. The Labute approximate surface area is 163 Å². The van der Waals surface area contributed by atoms with Gasteiger partial charge in [-0.2, -0.15) is 4.98 Å². The van der Waals surface area contributed by atoms with Crippen LogP contribution < -0.4 is 10.2 Å². The van der Waals surface area contributed by atoms with Crippen LogP contribution in [-0.4, -0.2) is 65.2 Å². The van der Waals surface area contributed by atoms with Gasteiger partial charge in [0.2, 0.25) is 5.95 Å². The monoisotopic (exact) mass is 384 g/mol. The number of rotatable bonds is 6. The zero-order chi connectivity index (χ0) is 19.3. The fourth-order valence-corrected chi connectivity index (χ4v) is 3.71. The summed E-state index contributed by atoms with van der Waals surface area (Å²) in [5.74, 6) is 1.54. The predicted octanol–water partition coefficient (Wildman–Crippen LogP) is 1.91. The van der Waals surface area contributed by atoms with E-state index < -0.39 is 0 Å². The number of nitro benzene ring substituents is 1. The van der Waals surface area contributed by atoms with E-state index in [0.717, 1.165) is 49.9 Å². The molecule has 0 amide bonds. The van der Waals surface area contributed by atoms with Gasteiger partial charge < -0.3 is 15.0 Å². The molecule has 1 N–H and O–H groups in total. The molecule has 0 spiro atoms. The first-order valence-electron chi connectivity index (χ1n) is 9.56. The molecule has 9 nitrogen and oxygen atoms in total. The minimum atomic E-state index is -0.310. The molecule has 0 radical (unpaired) electrons. The molecule has 1 unspecified atom stereocenters. The second-order valence-electron chi connectivity index (χ2n) is 7.09. The Bertz CT molecular complexity index is 827. The van der Waals surface area contributed by atoms with Crippen molar-refractivity contribution in [2.75, 3.05) is 49.6 Å². The number of nitro groups is 1. The summed E-state index contributed by atoms with van der Waals surface area (Å²) in [6, 6.07) is 9.09. The highest BCUT2D eigenvalue weighted by molar-refractivity contribution is 5.43. The van der Waals surface area contributed by atoms with Crippen LogP contribution in [0.25, 0.3) is 0 Å². The highest BCUT2D eigenvalue weighted by Gasteiger charge is 2.25. The highest BCUT2D eigenvalue weighted by Crippen LogP contribution is 2.23. The highest BCUT2D eigenvalue weighted by atomic mass is 16.6. The third-order valence-corrected chi connectivity index (χ3v) is 5.14. The van der Waals surface area contributed by atoms with E-state index in [2.05, 4.69) is 25.1 Å². The van der Waals surface area contributed by atoms with Gasteiger partial charge in [-0.3, -0.25) is 15.0 Å². The molecule has 2 aliphatic heterocycles. The van der Waals surface area contributed by atoms with E-state index in [9.17, 15) is 10.1 Å². The van der Waals surface area contributed by atoms with Gasteiger partial charge in [-0.1, -0.05) is 18.2 Å².